The Hall–Kier alpha value is -1.36. The molecule has 5 nitrogen and oxygen atoms in total. The summed E-state index contributed by atoms with van der Waals surface area (Å²) in [5.74, 6) is -1.42. The minimum absolute atomic E-state index is 0.0929. The monoisotopic (exact) mass is 228 g/mol. The van der Waals surface area contributed by atoms with Crippen LogP contribution in [0.1, 0.15) is 27.2 Å². The smallest absolute Gasteiger partial charge is 0.339 e. The molecule has 0 radical (unpaired) electrons. The largest absolute Gasteiger partial charge is 0.512 e. The van der Waals surface area contributed by atoms with Gasteiger partial charge >= 0.3 is 5.97 Å². The number of hydrogen-bond donors (Lipinski definition) is 2. The van der Waals surface area contributed by atoms with Gasteiger partial charge in [-0.2, -0.15) is 0 Å². The highest BCUT2D eigenvalue weighted by atomic mass is 16.6. The molecule has 5 heteroatoms. The Morgan fingerprint density at radius 3 is 2.50 bits per heavy atom. The highest BCUT2D eigenvalue weighted by Crippen LogP contribution is 2.41. The fraction of sp³-hybridized carbons (Fsp3) is 0.636. The first-order valence-electron chi connectivity index (χ1n) is 4.99. The summed E-state index contributed by atoms with van der Waals surface area (Å²) >= 11 is 0. The number of aliphatic hydroxyl groups is 2. The van der Waals surface area contributed by atoms with Crippen molar-refractivity contribution >= 4 is 11.8 Å². The fourth-order valence-electron chi connectivity index (χ4n) is 1.62. The lowest BCUT2D eigenvalue weighted by Gasteiger charge is -2.30. The van der Waals surface area contributed by atoms with Crippen molar-refractivity contribution < 1.29 is 24.5 Å². The number of aliphatic hydroxyl groups excluding tert-OH is 1. The molecule has 1 fully saturated rings. The molecule has 1 aliphatic rings. The van der Waals surface area contributed by atoms with Gasteiger partial charge < -0.3 is 14.9 Å². The summed E-state index contributed by atoms with van der Waals surface area (Å²) in [6.07, 6.45) is 0.679. The normalized spacial score (nSPS) is 29.0. The van der Waals surface area contributed by atoms with Crippen LogP contribution >= 0.6 is 0 Å². The molecule has 1 atom stereocenters. The zero-order valence-electron chi connectivity index (χ0n) is 9.61. The van der Waals surface area contributed by atoms with Gasteiger partial charge in [0.2, 0.25) is 0 Å². The first-order valence-corrected chi connectivity index (χ1v) is 4.99. The summed E-state index contributed by atoms with van der Waals surface area (Å²) < 4.78 is 4.78. The van der Waals surface area contributed by atoms with E-state index in [1.165, 1.54) is 6.92 Å². The molecule has 0 aromatic carbocycles. The van der Waals surface area contributed by atoms with Crippen LogP contribution in [0, 0.1) is 5.41 Å². The van der Waals surface area contributed by atoms with Crippen LogP contribution < -0.4 is 0 Å². The molecule has 90 valence electrons. The van der Waals surface area contributed by atoms with E-state index in [2.05, 4.69) is 0 Å². The van der Waals surface area contributed by atoms with Crippen LogP contribution in [-0.4, -0.2) is 34.2 Å². The number of rotatable bonds is 3. The maximum atomic E-state index is 11.4. The first kappa shape index (κ1) is 12.7. The van der Waals surface area contributed by atoms with E-state index in [1.807, 2.05) is 0 Å². The fourth-order valence-corrected chi connectivity index (χ4v) is 1.62. The lowest BCUT2D eigenvalue weighted by Crippen LogP contribution is -2.46. The van der Waals surface area contributed by atoms with Gasteiger partial charge in [-0.05, 0) is 6.92 Å². The Kier molecular flexibility index (Phi) is 3.10. The van der Waals surface area contributed by atoms with Gasteiger partial charge in [0.25, 0.3) is 0 Å². The molecule has 1 heterocycles. The minimum Gasteiger partial charge on any atom is -0.512 e. The zero-order valence-corrected chi connectivity index (χ0v) is 9.61. The molecule has 0 bridgehead atoms. The van der Waals surface area contributed by atoms with E-state index < -0.39 is 17.0 Å². The summed E-state index contributed by atoms with van der Waals surface area (Å²) in [5, 5.41) is 19.7. The number of carbonyl (C=O) groups is 2. The third kappa shape index (κ3) is 2.09. The van der Waals surface area contributed by atoms with Crippen LogP contribution in [0.15, 0.2) is 11.8 Å². The number of ketones is 1. The number of ether oxygens (including phenoxy) is 1. The SMILES string of the molecule is CC(=O)/C=C(/O)CC1(O)C(=O)OCC1(C)C. The number of cyclic esters (lactones) is 1. The third-order valence-electron chi connectivity index (χ3n) is 2.83. The molecule has 2 N–H and O–H groups in total. The average molecular weight is 228 g/mol. The van der Waals surface area contributed by atoms with Gasteiger partial charge in [-0.3, -0.25) is 4.79 Å². The molecule has 0 saturated carbocycles. The van der Waals surface area contributed by atoms with Crippen LogP contribution in [0.2, 0.25) is 0 Å². The summed E-state index contributed by atoms with van der Waals surface area (Å²) in [5.41, 5.74) is -2.56. The molecular weight excluding hydrogens is 212 g/mol. The van der Waals surface area contributed by atoms with E-state index in [4.69, 9.17) is 4.74 Å². The topological polar surface area (TPSA) is 83.8 Å². The van der Waals surface area contributed by atoms with E-state index in [0.717, 1.165) is 6.08 Å². The predicted molar refractivity (Wildman–Crippen MR) is 55.7 cm³/mol. The van der Waals surface area contributed by atoms with Crippen LogP contribution in [0.25, 0.3) is 0 Å². The number of hydrogen-bond acceptors (Lipinski definition) is 5. The van der Waals surface area contributed by atoms with Crippen molar-refractivity contribution in [3.63, 3.8) is 0 Å². The molecule has 0 aromatic rings. The highest BCUT2D eigenvalue weighted by molar-refractivity contribution is 5.88. The van der Waals surface area contributed by atoms with Gasteiger partial charge in [0.1, 0.15) is 0 Å². The molecule has 1 rings (SSSR count). The number of esters is 1. The van der Waals surface area contributed by atoms with Crippen molar-refractivity contribution in [3.8, 4) is 0 Å². The van der Waals surface area contributed by atoms with E-state index >= 15 is 0 Å². The minimum atomic E-state index is -1.77. The molecule has 0 spiro atoms. The zero-order chi connectivity index (χ0) is 12.6. The van der Waals surface area contributed by atoms with E-state index in [9.17, 15) is 19.8 Å². The second-order valence-corrected chi connectivity index (χ2v) is 4.74. The van der Waals surface area contributed by atoms with Gasteiger partial charge in [0.05, 0.1) is 12.4 Å². The molecule has 0 aliphatic carbocycles. The van der Waals surface area contributed by atoms with Gasteiger partial charge in [-0.15, -0.1) is 0 Å². The molecule has 1 saturated heterocycles. The highest BCUT2D eigenvalue weighted by Gasteiger charge is 2.57. The second-order valence-electron chi connectivity index (χ2n) is 4.74. The Balaban J connectivity index is 2.94. The van der Waals surface area contributed by atoms with Gasteiger partial charge in [-0.25, -0.2) is 4.79 Å². The Morgan fingerprint density at radius 1 is 1.56 bits per heavy atom. The van der Waals surface area contributed by atoms with Crippen LogP contribution in [0.4, 0.5) is 0 Å². The molecule has 1 aliphatic heterocycles. The van der Waals surface area contributed by atoms with Crippen molar-refractivity contribution in [2.24, 2.45) is 5.41 Å². The van der Waals surface area contributed by atoms with Crippen molar-refractivity contribution in [1.29, 1.82) is 0 Å². The number of carbonyl (C=O) groups excluding carboxylic acids is 2. The standard InChI is InChI=1S/C11H16O5/c1-7(12)4-8(13)5-11(15)9(14)16-6-10(11,2)3/h4,13,15H,5-6H2,1-3H3/b8-4+. The summed E-state index contributed by atoms with van der Waals surface area (Å²) in [6, 6.07) is 0. The van der Waals surface area contributed by atoms with Gasteiger partial charge in [-0.1, -0.05) is 13.8 Å². The Labute approximate surface area is 93.7 Å². The van der Waals surface area contributed by atoms with Gasteiger partial charge in [0, 0.05) is 17.9 Å². The average Bonchev–Trinajstić information content (AvgIpc) is 2.28. The van der Waals surface area contributed by atoms with Crippen molar-refractivity contribution in [2.45, 2.75) is 32.8 Å². The quantitative estimate of drug-likeness (QED) is 0.422. The van der Waals surface area contributed by atoms with Crippen molar-refractivity contribution in [1.82, 2.24) is 0 Å². The molecule has 0 aromatic heterocycles. The maximum Gasteiger partial charge on any atom is 0.339 e. The third-order valence-corrected chi connectivity index (χ3v) is 2.83. The summed E-state index contributed by atoms with van der Waals surface area (Å²) in [4.78, 5) is 22.2. The first-order chi connectivity index (χ1) is 7.19. The van der Waals surface area contributed by atoms with Crippen molar-refractivity contribution in [3.05, 3.63) is 11.8 Å². The number of allylic oxidation sites excluding steroid dienone is 1. The summed E-state index contributed by atoms with van der Waals surface area (Å²) in [6.45, 7) is 4.70. The van der Waals surface area contributed by atoms with E-state index in [0.29, 0.717) is 0 Å². The molecule has 16 heavy (non-hydrogen) atoms. The van der Waals surface area contributed by atoms with E-state index in [-0.39, 0.29) is 24.6 Å². The molecular formula is C11H16O5. The lowest BCUT2D eigenvalue weighted by atomic mass is 9.75. The van der Waals surface area contributed by atoms with Crippen LogP contribution in [0.5, 0.6) is 0 Å². The molecule has 0 amide bonds. The van der Waals surface area contributed by atoms with E-state index in [1.54, 1.807) is 13.8 Å². The maximum absolute atomic E-state index is 11.4. The lowest BCUT2D eigenvalue weighted by molar-refractivity contribution is -0.156. The van der Waals surface area contributed by atoms with Crippen molar-refractivity contribution in [2.75, 3.05) is 6.61 Å². The Bertz CT molecular complexity index is 355. The Morgan fingerprint density at radius 2 is 2.12 bits per heavy atom. The van der Waals surface area contributed by atoms with Crippen LogP contribution in [0.3, 0.4) is 0 Å². The van der Waals surface area contributed by atoms with Gasteiger partial charge in [0.15, 0.2) is 11.4 Å². The second kappa shape index (κ2) is 3.90. The summed E-state index contributed by atoms with van der Waals surface area (Å²) in [7, 11) is 0. The van der Waals surface area contributed by atoms with Crippen LogP contribution in [-0.2, 0) is 14.3 Å². The molecule has 1 unspecified atom stereocenters. The predicted octanol–water partition coefficient (Wildman–Crippen LogP) is 0.721.